The zero-order valence-corrected chi connectivity index (χ0v) is 18.7. The Morgan fingerprint density at radius 3 is 2.88 bits per heavy atom. The van der Waals surface area contributed by atoms with Gasteiger partial charge in [0, 0.05) is 30.6 Å². The standard InChI is InChI=1S/C26H31N3O3/c1-15-14-25-9-8-20(29(2)24(32)19-4-3-5-22(31)28-19)23(15)26(25)10-11-27-21(25)12-16-6-7-17(30)13-18(16)26/h3-7,13,15,20-21,23,27,30H,8-12,14H2,1-2H3,(H,28,31)/t15-,20?,21?,23?,25?,26?/m0/s1. The van der Waals surface area contributed by atoms with Crippen LogP contribution < -0.4 is 10.9 Å². The van der Waals surface area contributed by atoms with E-state index in [1.165, 1.54) is 17.2 Å². The Hall–Kier alpha value is -2.60. The van der Waals surface area contributed by atoms with Crippen molar-refractivity contribution >= 4 is 5.91 Å². The van der Waals surface area contributed by atoms with Crippen LogP contribution in [0.2, 0.25) is 0 Å². The molecule has 6 rings (SSSR count). The minimum atomic E-state index is -0.252. The van der Waals surface area contributed by atoms with Crippen molar-refractivity contribution in [2.24, 2.45) is 17.3 Å². The Balaban J connectivity index is 1.48. The molecule has 3 fully saturated rings. The van der Waals surface area contributed by atoms with Gasteiger partial charge in [0.25, 0.3) is 5.91 Å². The maximum absolute atomic E-state index is 13.4. The highest BCUT2D eigenvalue weighted by molar-refractivity contribution is 5.92. The number of phenolic OH excluding ortho intramolecular Hbond substituents is 1. The molecule has 1 aromatic heterocycles. The van der Waals surface area contributed by atoms with Gasteiger partial charge in [-0.2, -0.15) is 0 Å². The summed E-state index contributed by atoms with van der Waals surface area (Å²) >= 11 is 0. The van der Waals surface area contributed by atoms with E-state index in [0.717, 1.165) is 38.6 Å². The van der Waals surface area contributed by atoms with Gasteiger partial charge in [-0.1, -0.05) is 19.1 Å². The Bertz CT molecular complexity index is 1160. The molecule has 6 nitrogen and oxygen atoms in total. The first-order chi connectivity index (χ1) is 15.4. The lowest BCUT2D eigenvalue weighted by atomic mass is 9.44. The van der Waals surface area contributed by atoms with Crippen LogP contribution in [0, 0.1) is 17.3 Å². The number of phenols is 1. The number of pyridine rings is 1. The fourth-order valence-corrected chi connectivity index (χ4v) is 8.58. The van der Waals surface area contributed by atoms with Gasteiger partial charge in [0.05, 0.1) is 0 Å². The normalized spacial score (nSPS) is 36.8. The average molecular weight is 434 g/mol. The molecule has 1 amide bonds. The molecular formula is C26H31N3O3. The predicted molar refractivity (Wildman–Crippen MR) is 122 cm³/mol. The molecule has 3 N–H and O–H groups in total. The van der Waals surface area contributed by atoms with Crippen molar-refractivity contribution in [3.8, 4) is 5.75 Å². The Kier molecular flexibility index (Phi) is 4.20. The Labute approximate surface area is 188 Å². The van der Waals surface area contributed by atoms with Gasteiger partial charge in [-0.3, -0.25) is 9.59 Å². The summed E-state index contributed by atoms with van der Waals surface area (Å²) in [6.07, 6.45) is 5.26. The molecule has 4 aliphatic rings. The number of hydrogen-bond donors (Lipinski definition) is 3. The van der Waals surface area contributed by atoms with Crippen LogP contribution in [0.5, 0.6) is 5.75 Å². The number of nitrogens with zero attached hydrogens (tertiary/aromatic N) is 1. The Morgan fingerprint density at radius 2 is 2.06 bits per heavy atom. The second-order valence-corrected chi connectivity index (χ2v) is 10.6. The maximum Gasteiger partial charge on any atom is 0.270 e. The van der Waals surface area contributed by atoms with Gasteiger partial charge in [0.2, 0.25) is 5.56 Å². The van der Waals surface area contributed by atoms with Crippen LogP contribution >= 0.6 is 0 Å². The molecule has 3 aliphatic carbocycles. The van der Waals surface area contributed by atoms with Crippen molar-refractivity contribution in [1.29, 1.82) is 0 Å². The smallest absolute Gasteiger partial charge is 0.270 e. The minimum Gasteiger partial charge on any atom is -0.508 e. The molecule has 2 saturated carbocycles. The monoisotopic (exact) mass is 433 g/mol. The van der Waals surface area contributed by atoms with Gasteiger partial charge in [-0.05, 0) is 85.2 Å². The minimum absolute atomic E-state index is 0.0315. The highest BCUT2D eigenvalue weighted by Crippen LogP contribution is 2.72. The highest BCUT2D eigenvalue weighted by Gasteiger charge is 2.72. The third-order valence-electron chi connectivity index (χ3n) is 9.45. The molecule has 2 heterocycles. The first kappa shape index (κ1) is 20.0. The fourth-order valence-electron chi connectivity index (χ4n) is 8.58. The lowest BCUT2D eigenvalue weighted by Gasteiger charge is -2.64. The molecule has 32 heavy (non-hydrogen) atoms. The largest absolute Gasteiger partial charge is 0.508 e. The topological polar surface area (TPSA) is 85.4 Å². The van der Waals surface area contributed by atoms with Gasteiger partial charge in [0.1, 0.15) is 11.4 Å². The van der Waals surface area contributed by atoms with E-state index in [1.807, 2.05) is 24.1 Å². The number of aromatic amines is 1. The van der Waals surface area contributed by atoms with Crippen molar-refractivity contribution in [3.63, 3.8) is 0 Å². The number of fused-ring (bicyclic) bond motifs is 1. The van der Waals surface area contributed by atoms with Gasteiger partial charge >= 0.3 is 0 Å². The average Bonchev–Trinajstić information content (AvgIpc) is 2.95. The van der Waals surface area contributed by atoms with E-state index in [-0.39, 0.29) is 28.3 Å². The summed E-state index contributed by atoms with van der Waals surface area (Å²) in [5, 5.41) is 14.3. The van der Waals surface area contributed by atoms with E-state index in [1.54, 1.807) is 12.1 Å². The number of aromatic nitrogens is 1. The van der Waals surface area contributed by atoms with E-state index in [9.17, 15) is 14.7 Å². The van der Waals surface area contributed by atoms with Crippen LogP contribution in [0.25, 0.3) is 0 Å². The summed E-state index contributed by atoms with van der Waals surface area (Å²) in [5.74, 6) is 1.02. The van der Waals surface area contributed by atoms with E-state index in [4.69, 9.17) is 0 Å². The zero-order valence-electron chi connectivity index (χ0n) is 18.7. The van der Waals surface area contributed by atoms with Crippen molar-refractivity contribution in [2.45, 2.75) is 56.5 Å². The van der Waals surface area contributed by atoms with Crippen LogP contribution in [0.15, 0.2) is 41.2 Å². The molecule has 1 aliphatic heterocycles. The van der Waals surface area contributed by atoms with Crippen LogP contribution in [0.3, 0.4) is 0 Å². The predicted octanol–water partition coefficient (Wildman–Crippen LogP) is 2.81. The van der Waals surface area contributed by atoms with Crippen LogP contribution in [0.1, 0.15) is 54.2 Å². The van der Waals surface area contributed by atoms with E-state index in [2.05, 4.69) is 23.3 Å². The van der Waals surface area contributed by atoms with Gasteiger partial charge < -0.3 is 20.3 Å². The van der Waals surface area contributed by atoms with E-state index >= 15 is 0 Å². The number of carbonyl (C=O) groups excluding carboxylic acids is 1. The van der Waals surface area contributed by atoms with E-state index < -0.39 is 0 Å². The second-order valence-electron chi connectivity index (χ2n) is 10.6. The lowest BCUT2D eigenvalue weighted by Crippen LogP contribution is -2.69. The van der Waals surface area contributed by atoms with Gasteiger partial charge in [-0.15, -0.1) is 0 Å². The molecule has 1 aromatic carbocycles. The molecule has 0 radical (unpaired) electrons. The van der Waals surface area contributed by atoms with Crippen LogP contribution in [-0.4, -0.2) is 46.6 Å². The van der Waals surface area contributed by atoms with Crippen LogP contribution in [0.4, 0.5) is 0 Å². The summed E-state index contributed by atoms with van der Waals surface area (Å²) in [5.41, 5.74) is 2.91. The highest BCUT2D eigenvalue weighted by atomic mass is 16.3. The summed E-state index contributed by atoms with van der Waals surface area (Å²) in [6.45, 7) is 3.33. The number of carbonyl (C=O) groups is 1. The first-order valence-electron chi connectivity index (χ1n) is 11.9. The summed E-state index contributed by atoms with van der Waals surface area (Å²) in [4.78, 5) is 29.8. The Morgan fingerprint density at radius 1 is 1.22 bits per heavy atom. The number of nitrogens with one attached hydrogen (secondary N) is 2. The number of benzene rings is 1. The molecule has 0 spiro atoms. The maximum atomic E-state index is 13.4. The molecule has 6 heteroatoms. The van der Waals surface area contributed by atoms with Crippen molar-refractivity contribution < 1.29 is 9.90 Å². The summed E-state index contributed by atoms with van der Waals surface area (Å²) in [7, 11) is 1.90. The second kappa shape index (κ2) is 6.70. The summed E-state index contributed by atoms with van der Waals surface area (Å²) < 4.78 is 0. The SMILES string of the molecule is C[C@H]1CC23CCC(N(C)C(=O)c4cccc(=O)[nH]4)C1C21CCNC3Cc2ccc(O)cc21. The van der Waals surface area contributed by atoms with Crippen molar-refractivity contribution in [3.05, 3.63) is 63.6 Å². The third kappa shape index (κ3) is 2.39. The molecular weight excluding hydrogens is 402 g/mol. The number of rotatable bonds is 2. The molecule has 6 atom stereocenters. The quantitative estimate of drug-likeness (QED) is 0.680. The number of H-pyrrole nitrogens is 1. The number of hydrogen-bond acceptors (Lipinski definition) is 4. The van der Waals surface area contributed by atoms with Crippen LogP contribution in [-0.2, 0) is 11.8 Å². The lowest BCUT2D eigenvalue weighted by molar-refractivity contribution is -0.0514. The molecule has 5 unspecified atom stereocenters. The summed E-state index contributed by atoms with van der Waals surface area (Å²) in [6, 6.07) is 11.3. The third-order valence-corrected chi connectivity index (χ3v) is 9.45. The van der Waals surface area contributed by atoms with Gasteiger partial charge in [0.15, 0.2) is 0 Å². The number of aromatic hydroxyl groups is 1. The van der Waals surface area contributed by atoms with E-state index in [0.29, 0.717) is 29.3 Å². The molecule has 168 valence electrons. The first-order valence-corrected chi connectivity index (χ1v) is 11.9. The molecule has 4 bridgehead atoms. The van der Waals surface area contributed by atoms with Crippen molar-refractivity contribution in [2.75, 3.05) is 13.6 Å². The molecule has 1 saturated heterocycles. The number of piperidine rings is 1. The number of amides is 1. The molecule has 2 aromatic rings. The zero-order chi connectivity index (χ0) is 22.3. The fraction of sp³-hybridized carbons (Fsp3) is 0.538. The van der Waals surface area contributed by atoms with Gasteiger partial charge in [-0.25, -0.2) is 0 Å². The van der Waals surface area contributed by atoms with Crippen molar-refractivity contribution in [1.82, 2.24) is 15.2 Å².